The van der Waals surface area contributed by atoms with Gasteiger partial charge in [0.2, 0.25) is 0 Å². The van der Waals surface area contributed by atoms with Crippen molar-refractivity contribution >= 4 is 18.0 Å². The lowest BCUT2D eigenvalue weighted by Gasteiger charge is -2.30. The van der Waals surface area contributed by atoms with Gasteiger partial charge in [0.1, 0.15) is 5.76 Å². The van der Waals surface area contributed by atoms with Crippen molar-refractivity contribution in [1.29, 1.82) is 0 Å². The van der Waals surface area contributed by atoms with Gasteiger partial charge >= 0.3 is 5.97 Å². The standard InChI is InChI=1S/C19H19NO4/c1-14(24-18(21)9-8-17-7-4-12-23-17)19(22)20-11-10-15-5-2-3-6-16(15)13-20/h2-9,12,14H,10-11,13H2,1H3/b9-8+/t14-/m0/s1. The second-order valence-electron chi connectivity index (χ2n) is 5.71. The quantitative estimate of drug-likeness (QED) is 0.641. The number of carbonyl (C=O) groups excluding carboxylic acids is 2. The zero-order valence-corrected chi connectivity index (χ0v) is 13.5. The summed E-state index contributed by atoms with van der Waals surface area (Å²) in [7, 11) is 0. The number of ether oxygens (including phenoxy) is 1. The van der Waals surface area contributed by atoms with E-state index in [0.717, 1.165) is 12.0 Å². The average molecular weight is 325 g/mol. The van der Waals surface area contributed by atoms with E-state index in [0.29, 0.717) is 18.8 Å². The fourth-order valence-electron chi connectivity index (χ4n) is 2.74. The zero-order valence-electron chi connectivity index (χ0n) is 13.5. The van der Waals surface area contributed by atoms with Crippen molar-refractivity contribution in [2.45, 2.75) is 26.0 Å². The van der Waals surface area contributed by atoms with Gasteiger partial charge in [-0.1, -0.05) is 24.3 Å². The monoisotopic (exact) mass is 325 g/mol. The molecule has 0 spiro atoms. The smallest absolute Gasteiger partial charge is 0.331 e. The fourth-order valence-corrected chi connectivity index (χ4v) is 2.74. The third-order valence-corrected chi connectivity index (χ3v) is 4.01. The van der Waals surface area contributed by atoms with Crippen LogP contribution in [0.3, 0.4) is 0 Å². The number of hydrogen-bond acceptors (Lipinski definition) is 4. The topological polar surface area (TPSA) is 59.8 Å². The van der Waals surface area contributed by atoms with Crippen molar-refractivity contribution in [3.63, 3.8) is 0 Å². The van der Waals surface area contributed by atoms with E-state index in [1.54, 1.807) is 24.0 Å². The van der Waals surface area contributed by atoms with Gasteiger partial charge in [0, 0.05) is 19.2 Å². The van der Waals surface area contributed by atoms with E-state index in [9.17, 15) is 9.59 Å². The molecule has 1 aromatic carbocycles. The molecule has 2 heterocycles. The average Bonchev–Trinajstić information content (AvgIpc) is 3.12. The Balaban J connectivity index is 1.56. The van der Waals surface area contributed by atoms with Crippen molar-refractivity contribution in [2.24, 2.45) is 0 Å². The summed E-state index contributed by atoms with van der Waals surface area (Å²) < 4.78 is 10.3. The van der Waals surface area contributed by atoms with Crippen molar-refractivity contribution in [3.05, 3.63) is 65.6 Å². The van der Waals surface area contributed by atoms with E-state index in [-0.39, 0.29) is 5.91 Å². The van der Waals surface area contributed by atoms with Gasteiger partial charge in [0.15, 0.2) is 6.10 Å². The van der Waals surface area contributed by atoms with Gasteiger partial charge in [0.25, 0.3) is 5.91 Å². The van der Waals surface area contributed by atoms with Crippen LogP contribution in [-0.2, 0) is 27.3 Å². The highest BCUT2D eigenvalue weighted by atomic mass is 16.5. The van der Waals surface area contributed by atoms with Crippen LogP contribution in [0.15, 0.2) is 53.2 Å². The van der Waals surface area contributed by atoms with E-state index in [1.807, 2.05) is 18.2 Å². The highest BCUT2D eigenvalue weighted by molar-refractivity contribution is 5.90. The van der Waals surface area contributed by atoms with Crippen LogP contribution in [-0.4, -0.2) is 29.4 Å². The van der Waals surface area contributed by atoms with Crippen LogP contribution in [0.1, 0.15) is 23.8 Å². The molecule has 124 valence electrons. The van der Waals surface area contributed by atoms with Crippen LogP contribution in [0, 0.1) is 0 Å². The summed E-state index contributed by atoms with van der Waals surface area (Å²) in [5.41, 5.74) is 2.42. The molecule has 1 aliphatic heterocycles. The van der Waals surface area contributed by atoms with Crippen LogP contribution in [0.2, 0.25) is 0 Å². The molecule has 0 saturated carbocycles. The lowest BCUT2D eigenvalue weighted by atomic mass is 9.99. The number of amides is 1. The lowest BCUT2D eigenvalue weighted by Crippen LogP contribution is -2.42. The van der Waals surface area contributed by atoms with E-state index >= 15 is 0 Å². The molecule has 0 radical (unpaired) electrons. The molecule has 2 aromatic rings. The molecule has 0 saturated heterocycles. The van der Waals surface area contributed by atoms with E-state index in [1.165, 1.54) is 24.0 Å². The molecule has 0 aliphatic carbocycles. The first kappa shape index (κ1) is 16.1. The summed E-state index contributed by atoms with van der Waals surface area (Å²) in [4.78, 5) is 26.0. The highest BCUT2D eigenvalue weighted by Gasteiger charge is 2.26. The Morgan fingerprint density at radius 1 is 1.21 bits per heavy atom. The van der Waals surface area contributed by atoms with Gasteiger partial charge in [-0.2, -0.15) is 0 Å². The Morgan fingerprint density at radius 3 is 2.75 bits per heavy atom. The molecule has 1 atom stereocenters. The molecule has 24 heavy (non-hydrogen) atoms. The maximum Gasteiger partial charge on any atom is 0.331 e. The number of nitrogens with zero attached hydrogens (tertiary/aromatic N) is 1. The molecule has 1 amide bonds. The maximum absolute atomic E-state index is 12.5. The predicted octanol–water partition coefficient (Wildman–Crippen LogP) is 2.81. The number of fused-ring (bicyclic) bond motifs is 1. The normalized spacial score (nSPS) is 15.1. The third kappa shape index (κ3) is 3.74. The summed E-state index contributed by atoms with van der Waals surface area (Å²) in [6.07, 6.45) is 4.29. The summed E-state index contributed by atoms with van der Waals surface area (Å²) in [5, 5.41) is 0. The van der Waals surface area contributed by atoms with Crippen molar-refractivity contribution in [1.82, 2.24) is 4.90 Å². The summed E-state index contributed by atoms with van der Waals surface area (Å²) in [6, 6.07) is 11.5. The van der Waals surface area contributed by atoms with Gasteiger partial charge in [-0.25, -0.2) is 4.79 Å². The summed E-state index contributed by atoms with van der Waals surface area (Å²) in [5.74, 6) is -0.188. The number of rotatable bonds is 4. The van der Waals surface area contributed by atoms with Gasteiger partial charge in [-0.05, 0) is 42.7 Å². The van der Waals surface area contributed by atoms with Gasteiger partial charge in [-0.3, -0.25) is 4.79 Å². The Hall–Kier alpha value is -2.82. The first-order valence-corrected chi connectivity index (χ1v) is 7.91. The molecule has 0 unspecified atom stereocenters. The minimum absolute atomic E-state index is 0.177. The second-order valence-corrected chi connectivity index (χ2v) is 5.71. The van der Waals surface area contributed by atoms with Gasteiger partial charge < -0.3 is 14.1 Å². The number of furan rings is 1. The lowest BCUT2D eigenvalue weighted by molar-refractivity contribution is -0.155. The van der Waals surface area contributed by atoms with Crippen LogP contribution in [0.4, 0.5) is 0 Å². The summed E-state index contributed by atoms with van der Waals surface area (Å²) >= 11 is 0. The van der Waals surface area contributed by atoms with Gasteiger partial charge in [0.05, 0.1) is 6.26 Å². The minimum Gasteiger partial charge on any atom is -0.465 e. The van der Waals surface area contributed by atoms with Crippen LogP contribution >= 0.6 is 0 Å². The SMILES string of the molecule is C[C@H](OC(=O)/C=C/c1ccco1)C(=O)N1CCc2ccccc2C1. The van der Waals surface area contributed by atoms with Crippen LogP contribution in [0.5, 0.6) is 0 Å². The van der Waals surface area contributed by atoms with Crippen molar-refractivity contribution < 1.29 is 18.7 Å². The van der Waals surface area contributed by atoms with E-state index in [2.05, 4.69) is 6.07 Å². The van der Waals surface area contributed by atoms with Crippen molar-refractivity contribution in [2.75, 3.05) is 6.54 Å². The Kier molecular flexibility index (Phi) is 4.79. The first-order chi connectivity index (χ1) is 11.6. The highest BCUT2D eigenvalue weighted by Crippen LogP contribution is 2.19. The predicted molar refractivity (Wildman–Crippen MR) is 88.9 cm³/mol. The summed E-state index contributed by atoms with van der Waals surface area (Å²) in [6.45, 7) is 2.79. The zero-order chi connectivity index (χ0) is 16.9. The number of esters is 1. The second kappa shape index (κ2) is 7.17. The van der Waals surface area contributed by atoms with E-state index < -0.39 is 12.1 Å². The molecule has 3 rings (SSSR count). The Morgan fingerprint density at radius 2 is 2.00 bits per heavy atom. The largest absolute Gasteiger partial charge is 0.465 e. The third-order valence-electron chi connectivity index (χ3n) is 4.01. The maximum atomic E-state index is 12.5. The van der Waals surface area contributed by atoms with Gasteiger partial charge in [-0.15, -0.1) is 0 Å². The number of hydrogen-bond donors (Lipinski definition) is 0. The molecule has 0 N–H and O–H groups in total. The molecule has 5 heteroatoms. The Labute approximate surface area is 140 Å². The number of carbonyl (C=O) groups is 2. The molecule has 1 aromatic heterocycles. The number of benzene rings is 1. The molecule has 0 bridgehead atoms. The Bertz CT molecular complexity index is 748. The molecular formula is C19H19NO4. The van der Waals surface area contributed by atoms with Crippen LogP contribution < -0.4 is 0 Å². The molecular weight excluding hydrogens is 306 g/mol. The molecule has 0 fully saturated rings. The minimum atomic E-state index is -0.816. The molecule has 1 aliphatic rings. The molecule has 5 nitrogen and oxygen atoms in total. The van der Waals surface area contributed by atoms with E-state index in [4.69, 9.17) is 9.15 Å². The first-order valence-electron chi connectivity index (χ1n) is 7.91. The van der Waals surface area contributed by atoms with Crippen molar-refractivity contribution in [3.8, 4) is 0 Å². The van der Waals surface area contributed by atoms with Crippen LogP contribution in [0.25, 0.3) is 6.08 Å². The fraction of sp³-hybridized carbons (Fsp3) is 0.263.